The molecular formula is C19H32N4O2. The van der Waals surface area contributed by atoms with Gasteiger partial charge in [-0.05, 0) is 46.2 Å². The molecule has 0 saturated carbocycles. The normalized spacial score (nSPS) is 13.1. The number of aryl methyl sites for hydroxylation is 1. The molecule has 0 saturated heterocycles. The lowest BCUT2D eigenvalue weighted by atomic mass is 9.92. The van der Waals surface area contributed by atoms with E-state index in [9.17, 15) is 4.79 Å². The highest BCUT2D eigenvalue weighted by Gasteiger charge is 2.27. The third kappa shape index (κ3) is 7.03. The van der Waals surface area contributed by atoms with Crippen molar-refractivity contribution in [1.29, 1.82) is 0 Å². The van der Waals surface area contributed by atoms with Gasteiger partial charge in [-0.3, -0.25) is 9.79 Å². The molecule has 1 aromatic rings. The Kier molecular flexibility index (Phi) is 8.25. The Balaban J connectivity index is 2.46. The Morgan fingerprint density at radius 3 is 2.52 bits per heavy atom. The molecule has 0 aliphatic rings. The monoisotopic (exact) mass is 348 g/mol. The average Bonchev–Trinajstić information content (AvgIpc) is 2.57. The molecule has 0 aliphatic carbocycles. The number of carbonyl (C=O) groups is 1. The predicted octanol–water partition coefficient (Wildman–Crippen LogP) is 2.09. The van der Waals surface area contributed by atoms with Crippen molar-refractivity contribution in [2.45, 2.75) is 40.7 Å². The molecule has 0 fully saturated rings. The fourth-order valence-electron chi connectivity index (χ4n) is 2.19. The van der Waals surface area contributed by atoms with Gasteiger partial charge in [-0.1, -0.05) is 18.2 Å². The van der Waals surface area contributed by atoms with Crippen LogP contribution in [-0.4, -0.2) is 44.7 Å². The van der Waals surface area contributed by atoms with Gasteiger partial charge in [0.1, 0.15) is 11.9 Å². The maximum Gasteiger partial charge on any atom is 0.227 e. The lowest BCUT2D eigenvalue weighted by Crippen LogP contribution is -2.49. The van der Waals surface area contributed by atoms with Gasteiger partial charge in [-0.15, -0.1) is 0 Å². The number of ether oxygens (including phenoxy) is 1. The third-order valence-electron chi connectivity index (χ3n) is 3.85. The molecule has 1 atom stereocenters. The zero-order valence-corrected chi connectivity index (χ0v) is 16.3. The van der Waals surface area contributed by atoms with Crippen LogP contribution >= 0.6 is 0 Å². The Morgan fingerprint density at radius 1 is 1.24 bits per heavy atom. The van der Waals surface area contributed by atoms with Crippen molar-refractivity contribution in [2.24, 2.45) is 10.4 Å². The fourth-order valence-corrected chi connectivity index (χ4v) is 2.19. The number of amides is 1. The van der Waals surface area contributed by atoms with Gasteiger partial charge in [0.05, 0.1) is 12.0 Å². The maximum absolute atomic E-state index is 12.0. The quantitative estimate of drug-likeness (QED) is 0.497. The summed E-state index contributed by atoms with van der Waals surface area (Å²) in [5, 5.41) is 9.29. The molecule has 1 unspecified atom stereocenters. The Morgan fingerprint density at radius 2 is 1.92 bits per heavy atom. The van der Waals surface area contributed by atoms with E-state index in [-0.39, 0.29) is 12.0 Å². The molecule has 0 radical (unpaired) electrons. The number of rotatable bonds is 8. The van der Waals surface area contributed by atoms with E-state index in [1.165, 1.54) is 0 Å². The minimum absolute atomic E-state index is 0.0175. The summed E-state index contributed by atoms with van der Waals surface area (Å²) in [6.07, 6.45) is -0.0175. The average molecular weight is 348 g/mol. The van der Waals surface area contributed by atoms with Crippen LogP contribution in [0.4, 0.5) is 0 Å². The van der Waals surface area contributed by atoms with Crippen molar-refractivity contribution in [3.05, 3.63) is 29.8 Å². The predicted molar refractivity (Wildman–Crippen MR) is 103 cm³/mol. The second-order valence-electron chi connectivity index (χ2n) is 6.74. The molecule has 6 heteroatoms. The van der Waals surface area contributed by atoms with Crippen molar-refractivity contribution in [3.63, 3.8) is 0 Å². The summed E-state index contributed by atoms with van der Waals surface area (Å²) in [6, 6.07) is 7.95. The topological polar surface area (TPSA) is 74.8 Å². The second kappa shape index (κ2) is 9.91. The van der Waals surface area contributed by atoms with Crippen LogP contribution in [0, 0.1) is 12.3 Å². The van der Waals surface area contributed by atoms with Crippen molar-refractivity contribution >= 4 is 11.9 Å². The van der Waals surface area contributed by atoms with E-state index < -0.39 is 5.41 Å². The van der Waals surface area contributed by atoms with Gasteiger partial charge in [0, 0.05) is 20.1 Å². The molecular weight excluding hydrogens is 316 g/mol. The van der Waals surface area contributed by atoms with E-state index >= 15 is 0 Å². The fraction of sp³-hybridized carbons (Fsp3) is 0.579. The standard InChI is InChI=1S/C19H32N4O2/c1-7-21-17(24)19(4,5)13-23-18(20-6)22-12-15(3)25-16-11-9-8-10-14(16)2/h8-11,15H,7,12-13H2,1-6H3,(H,21,24)(H2,20,22,23). The molecule has 0 spiro atoms. The van der Waals surface area contributed by atoms with Crippen molar-refractivity contribution < 1.29 is 9.53 Å². The number of hydrogen-bond acceptors (Lipinski definition) is 3. The number of nitrogens with zero attached hydrogens (tertiary/aromatic N) is 1. The molecule has 6 nitrogen and oxygen atoms in total. The van der Waals surface area contributed by atoms with Crippen molar-refractivity contribution in [3.8, 4) is 5.75 Å². The van der Waals surface area contributed by atoms with Crippen LogP contribution in [0.15, 0.2) is 29.3 Å². The molecule has 0 aliphatic heterocycles. The third-order valence-corrected chi connectivity index (χ3v) is 3.85. The van der Waals surface area contributed by atoms with Gasteiger partial charge in [-0.25, -0.2) is 0 Å². The van der Waals surface area contributed by atoms with E-state index in [1.54, 1.807) is 7.05 Å². The number of nitrogens with one attached hydrogen (secondary N) is 3. The molecule has 1 amide bonds. The van der Waals surface area contributed by atoms with Crippen LogP contribution in [-0.2, 0) is 4.79 Å². The first-order valence-electron chi connectivity index (χ1n) is 8.75. The van der Waals surface area contributed by atoms with Crippen LogP contribution in [0.3, 0.4) is 0 Å². The van der Waals surface area contributed by atoms with E-state index in [0.29, 0.717) is 25.6 Å². The van der Waals surface area contributed by atoms with Crippen LogP contribution < -0.4 is 20.7 Å². The summed E-state index contributed by atoms with van der Waals surface area (Å²) in [5.74, 6) is 1.56. The Hall–Kier alpha value is -2.24. The van der Waals surface area contributed by atoms with E-state index in [1.807, 2.05) is 58.9 Å². The number of guanidine groups is 1. The first-order valence-corrected chi connectivity index (χ1v) is 8.75. The molecule has 0 aromatic heterocycles. The molecule has 0 bridgehead atoms. The Labute approximate surface area is 151 Å². The van der Waals surface area contributed by atoms with Gasteiger partial charge in [0.15, 0.2) is 5.96 Å². The zero-order valence-electron chi connectivity index (χ0n) is 16.3. The molecule has 140 valence electrons. The van der Waals surface area contributed by atoms with E-state index in [2.05, 4.69) is 20.9 Å². The molecule has 25 heavy (non-hydrogen) atoms. The van der Waals surface area contributed by atoms with Gasteiger partial charge < -0.3 is 20.7 Å². The van der Waals surface area contributed by atoms with Crippen LogP contribution in [0.1, 0.15) is 33.3 Å². The number of benzene rings is 1. The number of hydrogen-bond donors (Lipinski definition) is 3. The summed E-state index contributed by atoms with van der Waals surface area (Å²) < 4.78 is 5.95. The summed E-state index contributed by atoms with van der Waals surface area (Å²) >= 11 is 0. The summed E-state index contributed by atoms with van der Waals surface area (Å²) in [7, 11) is 1.71. The number of aliphatic imine (C=N–C) groups is 1. The summed E-state index contributed by atoms with van der Waals surface area (Å²) in [5.41, 5.74) is 0.595. The first-order chi connectivity index (χ1) is 11.8. The van der Waals surface area contributed by atoms with Crippen LogP contribution in [0.5, 0.6) is 5.75 Å². The second-order valence-corrected chi connectivity index (χ2v) is 6.74. The summed E-state index contributed by atoms with van der Waals surface area (Å²) in [6.45, 7) is 11.5. The van der Waals surface area contributed by atoms with E-state index in [4.69, 9.17) is 4.74 Å². The molecule has 3 N–H and O–H groups in total. The zero-order chi connectivity index (χ0) is 18.9. The highest BCUT2D eigenvalue weighted by molar-refractivity contribution is 5.84. The molecule has 0 heterocycles. The van der Waals surface area contributed by atoms with E-state index in [0.717, 1.165) is 11.3 Å². The summed E-state index contributed by atoms with van der Waals surface area (Å²) in [4.78, 5) is 16.2. The highest BCUT2D eigenvalue weighted by Crippen LogP contribution is 2.17. The lowest BCUT2D eigenvalue weighted by molar-refractivity contribution is -0.128. The van der Waals surface area contributed by atoms with Gasteiger partial charge >= 0.3 is 0 Å². The SMILES string of the molecule is CCNC(=O)C(C)(C)CNC(=NC)NCC(C)Oc1ccccc1C. The smallest absolute Gasteiger partial charge is 0.227 e. The van der Waals surface area contributed by atoms with Gasteiger partial charge in [-0.2, -0.15) is 0 Å². The molecule has 1 rings (SSSR count). The molecule has 1 aromatic carbocycles. The number of carbonyl (C=O) groups excluding carboxylic acids is 1. The van der Waals surface area contributed by atoms with Gasteiger partial charge in [0.25, 0.3) is 0 Å². The maximum atomic E-state index is 12.0. The lowest BCUT2D eigenvalue weighted by Gasteiger charge is -2.25. The van der Waals surface area contributed by atoms with Crippen LogP contribution in [0.2, 0.25) is 0 Å². The van der Waals surface area contributed by atoms with Crippen LogP contribution in [0.25, 0.3) is 0 Å². The Bertz CT molecular complexity index is 585. The van der Waals surface area contributed by atoms with Crippen molar-refractivity contribution in [1.82, 2.24) is 16.0 Å². The largest absolute Gasteiger partial charge is 0.489 e. The van der Waals surface area contributed by atoms with Crippen molar-refractivity contribution in [2.75, 3.05) is 26.7 Å². The first kappa shape index (κ1) is 20.8. The minimum atomic E-state index is -0.517. The number of para-hydroxylation sites is 1. The highest BCUT2D eigenvalue weighted by atomic mass is 16.5. The minimum Gasteiger partial charge on any atom is -0.489 e. The van der Waals surface area contributed by atoms with Gasteiger partial charge in [0.2, 0.25) is 5.91 Å².